The first-order chi connectivity index (χ1) is 10.6. The van der Waals surface area contributed by atoms with Gasteiger partial charge < -0.3 is 9.31 Å². The Hall–Kier alpha value is -0.555. The van der Waals surface area contributed by atoms with E-state index in [0.717, 1.165) is 15.5 Å². The molecule has 23 heavy (non-hydrogen) atoms. The molecular weight excluding hydrogens is 375 g/mol. The Bertz CT molecular complexity index is 612. The molecule has 0 unspecified atom stereocenters. The molecule has 0 aromatic heterocycles. The molecule has 0 aliphatic carbocycles. The van der Waals surface area contributed by atoms with Crippen molar-refractivity contribution in [2.45, 2.75) is 45.8 Å². The molecule has 0 atom stereocenters. The first-order valence-corrected chi connectivity index (χ1v) is 9.34. The molecule has 1 aromatic carbocycles. The minimum absolute atomic E-state index is 0.0829. The third kappa shape index (κ3) is 4.50. The molecule has 1 aliphatic rings. The second-order valence-electron chi connectivity index (χ2n) is 6.61. The van der Waals surface area contributed by atoms with Crippen molar-refractivity contribution in [2.75, 3.05) is 5.75 Å². The fourth-order valence-electron chi connectivity index (χ4n) is 2.15. The summed E-state index contributed by atoms with van der Waals surface area (Å²) >= 11 is 4.83. The highest BCUT2D eigenvalue weighted by Crippen LogP contribution is 2.39. The highest BCUT2D eigenvalue weighted by Gasteiger charge is 2.52. The smallest absolute Gasteiger partial charge is 0.400 e. The predicted octanol–water partition coefficient (Wildman–Crippen LogP) is 4.74. The van der Waals surface area contributed by atoms with E-state index in [1.54, 1.807) is 6.92 Å². The van der Waals surface area contributed by atoms with Crippen molar-refractivity contribution in [2.24, 2.45) is 0 Å². The van der Waals surface area contributed by atoms with Crippen molar-refractivity contribution in [1.82, 2.24) is 0 Å². The lowest BCUT2D eigenvalue weighted by molar-refractivity contribution is -0.109. The van der Waals surface area contributed by atoms with E-state index < -0.39 is 18.3 Å². The quantitative estimate of drug-likeness (QED) is 0.688. The molecule has 0 bridgehead atoms. The molecule has 1 heterocycles. The van der Waals surface area contributed by atoms with Crippen molar-refractivity contribution < 1.29 is 14.1 Å². The van der Waals surface area contributed by atoms with Crippen LogP contribution in [-0.4, -0.2) is 29.2 Å². The molecule has 124 valence electrons. The number of rotatable bonds is 4. The number of hydrogen-bond acceptors (Lipinski definition) is 4. The van der Waals surface area contributed by atoms with E-state index in [-0.39, 0.29) is 5.12 Å². The lowest BCUT2D eigenvalue weighted by atomic mass is 9.78. The minimum Gasteiger partial charge on any atom is -0.400 e. The van der Waals surface area contributed by atoms with Crippen LogP contribution in [0.5, 0.6) is 0 Å². The molecular formula is C17H22BBrO3S. The van der Waals surface area contributed by atoms with Crippen molar-refractivity contribution >= 4 is 46.0 Å². The van der Waals surface area contributed by atoms with Gasteiger partial charge in [-0.15, -0.1) is 0 Å². The van der Waals surface area contributed by atoms with Crippen LogP contribution in [0.2, 0.25) is 0 Å². The van der Waals surface area contributed by atoms with Gasteiger partial charge in [0, 0.05) is 17.1 Å². The van der Waals surface area contributed by atoms with Crippen LogP contribution in [0.1, 0.15) is 40.2 Å². The van der Waals surface area contributed by atoms with E-state index >= 15 is 0 Å². The summed E-state index contributed by atoms with van der Waals surface area (Å²) < 4.78 is 13.3. The van der Waals surface area contributed by atoms with E-state index in [0.29, 0.717) is 5.75 Å². The van der Waals surface area contributed by atoms with Gasteiger partial charge in [0.2, 0.25) is 0 Å². The maximum atomic E-state index is 11.4. The predicted molar refractivity (Wildman–Crippen MR) is 101 cm³/mol. The van der Waals surface area contributed by atoms with Crippen molar-refractivity contribution in [1.29, 1.82) is 0 Å². The highest BCUT2D eigenvalue weighted by molar-refractivity contribution is 9.10. The molecule has 1 aromatic rings. The largest absolute Gasteiger partial charge is 0.491 e. The molecule has 1 saturated heterocycles. The molecule has 0 amide bonds. The van der Waals surface area contributed by atoms with Crippen LogP contribution >= 0.6 is 27.7 Å². The maximum Gasteiger partial charge on any atom is 0.491 e. The Kier molecular flexibility index (Phi) is 5.83. The molecule has 0 spiro atoms. The average molecular weight is 397 g/mol. The molecule has 0 N–H and O–H groups in total. The van der Waals surface area contributed by atoms with Gasteiger partial charge >= 0.3 is 7.12 Å². The monoisotopic (exact) mass is 396 g/mol. The van der Waals surface area contributed by atoms with Crippen LogP contribution < -0.4 is 0 Å². The van der Waals surface area contributed by atoms with Gasteiger partial charge in [-0.3, -0.25) is 4.79 Å². The van der Waals surface area contributed by atoms with Crippen LogP contribution in [0.15, 0.2) is 34.2 Å². The SMILES string of the molecule is CC(=O)SCC(=Cc1ccccc1Br)B1OC(C)(C)C(C)(C)O1. The minimum atomic E-state index is -0.445. The lowest BCUT2D eigenvalue weighted by Gasteiger charge is -2.32. The Labute approximate surface area is 151 Å². The summed E-state index contributed by atoms with van der Waals surface area (Å²) in [4.78, 5) is 11.4. The van der Waals surface area contributed by atoms with Gasteiger partial charge in [-0.05, 0) is 44.8 Å². The van der Waals surface area contributed by atoms with Crippen LogP contribution in [0.25, 0.3) is 6.08 Å². The normalized spacial score (nSPS) is 19.9. The summed E-state index contributed by atoms with van der Waals surface area (Å²) in [7, 11) is -0.445. The summed E-state index contributed by atoms with van der Waals surface area (Å²) in [5.41, 5.74) is 1.20. The molecule has 3 nitrogen and oxygen atoms in total. The van der Waals surface area contributed by atoms with Gasteiger partial charge in [0.05, 0.1) is 11.2 Å². The zero-order chi connectivity index (χ0) is 17.3. The summed E-state index contributed by atoms with van der Waals surface area (Å²) in [6, 6.07) is 7.97. The van der Waals surface area contributed by atoms with Gasteiger partial charge in [0.15, 0.2) is 5.12 Å². The summed E-state index contributed by atoms with van der Waals surface area (Å²) in [6.45, 7) is 9.69. The number of halogens is 1. The Balaban J connectivity index is 2.32. The molecule has 1 aliphatic heterocycles. The zero-order valence-corrected chi connectivity index (χ0v) is 16.6. The molecule has 6 heteroatoms. The van der Waals surface area contributed by atoms with Crippen LogP contribution in [0.4, 0.5) is 0 Å². The van der Waals surface area contributed by atoms with E-state index in [9.17, 15) is 4.79 Å². The number of hydrogen-bond donors (Lipinski definition) is 0. The fraction of sp³-hybridized carbons (Fsp3) is 0.471. The first kappa shape index (κ1) is 18.8. The first-order valence-electron chi connectivity index (χ1n) is 7.56. The number of carbonyl (C=O) groups excluding carboxylic acids is 1. The summed E-state index contributed by atoms with van der Waals surface area (Å²) in [5.74, 6) is 0.549. The van der Waals surface area contributed by atoms with Gasteiger partial charge in [0.25, 0.3) is 0 Å². The van der Waals surface area contributed by atoms with E-state index in [1.807, 2.05) is 58.0 Å². The molecule has 2 rings (SSSR count). The molecule has 0 radical (unpaired) electrons. The maximum absolute atomic E-state index is 11.4. The zero-order valence-electron chi connectivity index (χ0n) is 14.2. The third-order valence-electron chi connectivity index (χ3n) is 4.24. The van der Waals surface area contributed by atoms with Gasteiger partial charge in [-0.1, -0.05) is 52.0 Å². The summed E-state index contributed by atoms with van der Waals surface area (Å²) in [5, 5.41) is 0.0829. The van der Waals surface area contributed by atoms with Crippen molar-refractivity contribution in [3.05, 3.63) is 39.8 Å². The Morgan fingerprint density at radius 2 is 1.78 bits per heavy atom. The third-order valence-corrected chi connectivity index (χ3v) is 5.85. The molecule has 0 saturated carbocycles. The molecule has 1 fully saturated rings. The van der Waals surface area contributed by atoms with Crippen LogP contribution in [0, 0.1) is 0 Å². The number of carbonyl (C=O) groups is 1. The summed E-state index contributed by atoms with van der Waals surface area (Å²) in [6.07, 6.45) is 2.04. The average Bonchev–Trinajstić information content (AvgIpc) is 2.65. The highest BCUT2D eigenvalue weighted by atomic mass is 79.9. The standard InChI is InChI=1S/C17H22BBrO3S/c1-12(20)23-11-14(10-13-8-6-7-9-15(13)19)18-21-16(2,3)17(4,5)22-18/h6-10H,11H2,1-5H3. The number of benzene rings is 1. The second-order valence-corrected chi connectivity index (χ2v) is 8.62. The number of thioether (sulfide) groups is 1. The van der Waals surface area contributed by atoms with Crippen LogP contribution in [0.3, 0.4) is 0 Å². The second kappa shape index (κ2) is 7.13. The van der Waals surface area contributed by atoms with Gasteiger partial charge in [0.1, 0.15) is 0 Å². The van der Waals surface area contributed by atoms with Gasteiger partial charge in [-0.25, -0.2) is 0 Å². The van der Waals surface area contributed by atoms with E-state index in [4.69, 9.17) is 9.31 Å². The fourth-order valence-corrected chi connectivity index (χ4v) is 3.14. The van der Waals surface area contributed by atoms with E-state index in [2.05, 4.69) is 15.9 Å². The topological polar surface area (TPSA) is 35.5 Å². The Morgan fingerprint density at radius 3 is 2.30 bits per heavy atom. The van der Waals surface area contributed by atoms with Gasteiger partial charge in [-0.2, -0.15) is 0 Å². The van der Waals surface area contributed by atoms with Crippen molar-refractivity contribution in [3.63, 3.8) is 0 Å². The Morgan fingerprint density at radius 1 is 1.22 bits per heavy atom. The lowest BCUT2D eigenvalue weighted by Crippen LogP contribution is -2.41. The van der Waals surface area contributed by atoms with Crippen LogP contribution in [-0.2, 0) is 14.1 Å². The van der Waals surface area contributed by atoms with E-state index in [1.165, 1.54) is 11.8 Å². The van der Waals surface area contributed by atoms with Crippen molar-refractivity contribution in [3.8, 4) is 0 Å².